The molecule has 0 saturated carbocycles. The normalized spacial score (nSPS) is 10.1. The number of benzene rings is 2. The Balaban J connectivity index is 2.77. The molecule has 102 valence electrons. The highest BCUT2D eigenvalue weighted by molar-refractivity contribution is 5.99. The number of primary amides is 1. The molecule has 0 aliphatic heterocycles. The first-order chi connectivity index (χ1) is 9.56. The molecule has 0 bridgehead atoms. The molecular weight excluding hydrogens is 260 g/mol. The fraction of sp³-hybridized carbons (Fsp3) is 0.0714. The minimum absolute atomic E-state index is 0.0149. The Morgan fingerprint density at radius 3 is 2.35 bits per heavy atom. The van der Waals surface area contributed by atoms with Crippen LogP contribution in [0.1, 0.15) is 10.4 Å². The maximum absolute atomic E-state index is 11.3. The van der Waals surface area contributed by atoms with Crippen molar-refractivity contribution in [3.63, 3.8) is 0 Å². The second-order valence-corrected chi connectivity index (χ2v) is 4.03. The van der Waals surface area contributed by atoms with E-state index >= 15 is 0 Å². The van der Waals surface area contributed by atoms with Gasteiger partial charge in [-0.25, -0.2) is 0 Å². The van der Waals surface area contributed by atoms with E-state index in [1.807, 2.05) is 6.07 Å². The van der Waals surface area contributed by atoms with Gasteiger partial charge in [0.05, 0.1) is 23.2 Å². The van der Waals surface area contributed by atoms with Crippen LogP contribution >= 0.6 is 0 Å². The summed E-state index contributed by atoms with van der Waals surface area (Å²) < 4.78 is 5.02. The van der Waals surface area contributed by atoms with Crippen molar-refractivity contribution < 1.29 is 14.5 Å². The highest BCUT2D eigenvalue weighted by atomic mass is 16.6. The molecule has 1 amide bonds. The number of hydrogen-bond donors (Lipinski definition) is 1. The Kier molecular flexibility index (Phi) is 3.65. The fourth-order valence-corrected chi connectivity index (χ4v) is 2.00. The van der Waals surface area contributed by atoms with Crippen LogP contribution in [0.3, 0.4) is 0 Å². The van der Waals surface area contributed by atoms with Gasteiger partial charge in [-0.15, -0.1) is 0 Å². The lowest BCUT2D eigenvalue weighted by Gasteiger charge is -2.10. The average Bonchev–Trinajstić information content (AvgIpc) is 2.46. The maximum Gasteiger partial charge on any atom is 0.319 e. The third kappa shape index (κ3) is 2.31. The zero-order valence-corrected chi connectivity index (χ0v) is 10.7. The smallest absolute Gasteiger partial charge is 0.319 e. The molecule has 6 nitrogen and oxygen atoms in total. The first-order valence-electron chi connectivity index (χ1n) is 5.77. The minimum Gasteiger partial charge on any atom is -0.490 e. The molecule has 0 spiro atoms. The van der Waals surface area contributed by atoms with Crippen LogP contribution in [0.25, 0.3) is 11.1 Å². The molecule has 0 aromatic heterocycles. The lowest BCUT2D eigenvalue weighted by molar-refractivity contribution is -0.385. The molecule has 0 heterocycles. The number of methoxy groups -OCH3 is 1. The van der Waals surface area contributed by atoms with Crippen molar-refractivity contribution >= 4 is 11.6 Å². The van der Waals surface area contributed by atoms with Gasteiger partial charge in [0.15, 0.2) is 0 Å². The van der Waals surface area contributed by atoms with Gasteiger partial charge in [0.1, 0.15) is 0 Å². The van der Waals surface area contributed by atoms with Crippen molar-refractivity contribution in [2.24, 2.45) is 5.73 Å². The lowest BCUT2D eigenvalue weighted by atomic mass is 10.00. The molecule has 0 unspecified atom stereocenters. The van der Waals surface area contributed by atoms with E-state index in [1.54, 1.807) is 24.3 Å². The van der Waals surface area contributed by atoms with Gasteiger partial charge in [-0.2, -0.15) is 0 Å². The van der Waals surface area contributed by atoms with E-state index in [0.29, 0.717) is 11.1 Å². The summed E-state index contributed by atoms with van der Waals surface area (Å²) in [5.74, 6) is -0.895. The van der Waals surface area contributed by atoms with Gasteiger partial charge in [-0.05, 0) is 17.7 Å². The molecule has 0 fully saturated rings. The van der Waals surface area contributed by atoms with E-state index in [4.69, 9.17) is 10.5 Å². The van der Waals surface area contributed by atoms with E-state index in [2.05, 4.69) is 0 Å². The number of nitro benzene ring substituents is 1. The maximum atomic E-state index is 11.3. The summed E-state index contributed by atoms with van der Waals surface area (Å²) in [5.41, 5.74) is 5.96. The van der Waals surface area contributed by atoms with E-state index < -0.39 is 10.8 Å². The molecule has 0 aliphatic carbocycles. The largest absolute Gasteiger partial charge is 0.490 e. The molecule has 0 atom stereocenters. The standard InChI is InChI=1S/C14H12N2O4/c1-20-13-11(14(15)17)8-7-10(12(13)16(18)19)9-5-3-2-4-6-9/h2-8H,1H3,(H2,15,17). The van der Waals surface area contributed by atoms with Crippen LogP contribution in [-0.2, 0) is 0 Å². The summed E-state index contributed by atoms with van der Waals surface area (Å²) >= 11 is 0. The third-order valence-corrected chi connectivity index (χ3v) is 2.87. The molecule has 0 saturated heterocycles. The van der Waals surface area contributed by atoms with Crippen molar-refractivity contribution in [3.8, 4) is 16.9 Å². The van der Waals surface area contributed by atoms with Gasteiger partial charge < -0.3 is 10.5 Å². The van der Waals surface area contributed by atoms with Crippen LogP contribution in [-0.4, -0.2) is 17.9 Å². The third-order valence-electron chi connectivity index (χ3n) is 2.87. The van der Waals surface area contributed by atoms with Crippen LogP contribution in [0.4, 0.5) is 5.69 Å². The van der Waals surface area contributed by atoms with Gasteiger partial charge in [-0.1, -0.05) is 30.3 Å². The number of amides is 1. The van der Waals surface area contributed by atoms with Gasteiger partial charge >= 0.3 is 5.69 Å². The number of carbonyl (C=O) groups is 1. The number of rotatable bonds is 4. The molecule has 2 N–H and O–H groups in total. The summed E-state index contributed by atoms with van der Waals surface area (Å²) in [6.07, 6.45) is 0. The van der Waals surface area contributed by atoms with E-state index in [1.165, 1.54) is 19.2 Å². The highest BCUT2D eigenvalue weighted by Crippen LogP contribution is 2.39. The van der Waals surface area contributed by atoms with Gasteiger partial charge in [0.2, 0.25) is 5.75 Å². The SMILES string of the molecule is COc1c(C(N)=O)ccc(-c2ccccc2)c1[N+](=O)[O-]. The summed E-state index contributed by atoms with van der Waals surface area (Å²) in [6.45, 7) is 0. The summed E-state index contributed by atoms with van der Waals surface area (Å²) in [7, 11) is 1.27. The van der Waals surface area contributed by atoms with Crippen molar-refractivity contribution in [2.45, 2.75) is 0 Å². The molecule has 2 aromatic rings. The Labute approximate surface area is 114 Å². The molecule has 2 rings (SSSR count). The summed E-state index contributed by atoms with van der Waals surface area (Å²) in [6, 6.07) is 11.8. The van der Waals surface area contributed by atoms with E-state index in [-0.39, 0.29) is 17.0 Å². The topological polar surface area (TPSA) is 95.5 Å². The van der Waals surface area contributed by atoms with Gasteiger partial charge in [0, 0.05) is 0 Å². The minimum atomic E-state index is -0.774. The van der Waals surface area contributed by atoms with Crippen molar-refractivity contribution in [2.75, 3.05) is 7.11 Å². The van der Waals surface area contributed by atoms with Crippen molar-refractivity contribution in [3.05, 3.63) is 58.1 Å². The van der Waals surface area contributed by atoms with Gasteiger partial charge in [0.25, 0.3) is 5.91 Å². The Morgan fingerprint density at radius 1 is 1.20 bits per heavy atom. The average molecular weight is 272 g/mol. The Bertz CT molecular complexity index is 668. The predicted octanol–water partition coefficient (Wildman–Crippen LogP) is 2.37. The van der Waals surface area contributed by atoms with Crippen molar-refractivity contribution in [1.29, 1.82) is 0 Å². The second kappa shape index (κ2) is 5.40. The highest BCUT2D eigenvalue weighted by Gasteiger charge is 2.26. The number of carbonyl (C=O) groups excluding carboxylic acids is 1. The first-order valence-corrected chi connectivity index (χ1v) is 5.77. The Morgan fingerprint density at radius 2 is 1.85 bits per heavy atom. The van der Waals surface area contributed by atoms with E-state index in [0.717, 1.165) is 0 Å². The zero-order valence-electron chi connectivity index (χ0n) is 10.7. The zero-order chi connectivity index (χ0) is 14.7. The van der Waals surface area contributed by atoms with Crippen LogP contribution in [0.2, 0.25) is 0 Å². The van der Waals surface area contributed by atoms with Crippen LogP contribution in [0.15, 0.2) is 42.5 Å². The fourth-order valence-electron chi connectivity index (χ4n) is 2.00. The van der Waals surface area contributed by atoms with E-state index in [9.17, 15) is 14.9 Å². The predicted molar refractivity (Wildman–Crippen MR) is 73.6 cm³/mol. The Hall–Kier alpha value is -2.89. The number of ether oxygens (including phenoxy) is 1. The molecule has 20 heavy (non-hydrogen) atoms. The molecule has 2 aromatic carbocycles. The number of nitrogens with zero attached hydrogens (tertiary/aromatic N) is 1. The first kappa shape index (κ1) is 13.5. The monoisotopic (exact) mass is 272 g/mol. The van der Waals surface area contributed by atoms with Crippen molar-refractivity contribution in [1.82, 2.24) is 0 Å². The van der Waals surface area contributed by atoms with Crippen LogP contribution in [0, 0.1) is 10.1 Å². The number of nitrogens with two attached hydrogens (primary N) is 1. The van der Waals surface area contributed by atoms with Crippen LogP contribution in [0.5, 0.6) is 5.75 Å². The molecular formula is C14H12N2O4. The molecule has 0 radical (unpaired) electrons. The number of nitro groups is 1. The second-order valence-electron chi connectivity index (χ2n) is 4.03. The number of hydrogen-bond acceptors (Lipinski definition) is 4. The quantitative estimate of drug-likeness (QED) is 0.682. The summed E-state index contributed by atoms with van der Waals surface area (Å²) in [5, 5.41) is 11.3. The molecule has 6 heteroatoms. The molecule has 0 aliphatic rings. The van der Waals surface area contributed by atoms with Gasteiger partial charge in [-0.3, -0.25) is 14.9 Å². The summed E-state index contributed by atoms with van der Waals surface area (Å²) in [4.78, 5) is 22.1. The van der Waals surface area contributed by atoms with Crippen LogP contribution < -0.4 is 10.5 Å². The lowest BCUT2D eigenvalue weighted by Crippen LogP contribution is -2.13.